The number of rotatable bonds is 12. The van der Waals surface area contributed by atoms with Crippen molar-refractivity contribution < 1.29 is 9.84 Å². The van der Waals surface area contributed by atoms with Gasteiger partial charge in [-0.2, -0.15) is 5.10 Å². The van der Waals surface area contributed by atoms with Crippen molar-refractivity contribution in [2.75, 3.05) is 37.0 Å². The molecule has 3 aromatic rings. The van der Waals surface area contributed by atoms with Crippen molar-refractivity contribution in [1.82, 2.24) is 9.78 Å². The van der Waals surface area contributed by atoms with Gasteiger partial charge in [0, 0.05) is 43.4 Å². The lowest BCUT2D eigenvalue weighted by Gasteiger charge is -2.24. The van der Waals surface area contributed by atoms with Gasteiger partial charge in [-0.3, -0.25) is 0 Å². The summed E-state index contributed by atoms with van der Waals surface area (Å²) in [4.78, 5) is 2.13. The maximum Gasteiger partial charge on any atom is 0.0775 e. The molecular formula is C29H38ClN5O2. The molecule has 3 rings (SSSR count). The molecule has 1 aromatic heterocycles. The Labute approximate surface area is 225 Å². The number of hydrogen-bond donors (Lipinski definition) is 3. The zero-order chi connectivity index (χ0) is 27.2. The Morgan fingerprint density at radius 2 is 2.00 bits per heavy atom. The summed E-state index contributed by atoms with van der Waals surface area (Å²) in [7, 11) is 1.69. The molecule has 0 fully saturated rings. The number of ether oxygens (including phenoxy) is 1. The molecule has 37 heavy (non-hydrogen) atoms. The third-order valence-electron chi connectivity index (χ3n) is 5.70. The molecule has 3 N–H and O–H groups in total. The minimum Gasteiger partial charge on any atom is -0.392 e. The first-order chi connectivity index (χ1) is 17.9. The standard InChI is InChI=1S/C22H30ClN5O.C7H8O/c1-6-9-27(8-3)22-11-20(17(12-24)10-19(22)23)26-18-13-25-28(14-18)21(7-2)16(4)15-29-5;8-6-7-4-2-1-3-5-7/h6,10-14,24,26H,1,7-9,15H2,2-5H3;1-5,8H,6H2/b21-16+,24-12?;. The molecule has 0 aliphatic heterocycles. The van der Waals surface area contributed by atoms with Crippen LogP contribution in [0.1, 0.15) is 38.3 Å². The Morgan fingerprint density at radius 3 is 2.54 bits per heavy atom. The van der Waals surface area contributed by atoms with Gasteiger partial charge in [0.15, 0.2) is 0 Å². The van der Waals surface area contributed by atoms with E-state index in [2.05, 4.69) is 42.7 Å². The van der Waals surface area contributed by atoms with Crippen LogP contribution < -0.4 is 10.2 Å². The van der Waals surface area contributed by atoms with Crippen molar-refractivity contribution in [2.45, 2.75) is 33.8 Å². The first kappa shape index (κ1) is 29.8. The highest BCUT2D eigenvalue weighted by Gasteiger charge is 2.13. The van der Waals surface area contributed by atoms with Crippen molar-refractivity contribution in [1.29, 1.82) is 5.41 Å². The average molecular weight is 524 g/mol. The Kier molecular flexibility index (Phi) is 12.6. The maximum absolute atomic E-state index is 8.54. The summed E-state index contributed by atoms with van der Waals surface area (Å²) in [5, 5.41) is 24.8. The van der Waals surface area contributed by atoms with E-state index in [0.29, 0.717) is 23.7 Å². The molecule has 7 nitrogen and oxygen atoms in total. The number of nitrogens with zero attached hydrogens (tertiary/aromatic N) is 3. The first-order valence-electron chi connectivity index (χ1n) is 12.3. The van der Waals surface area contributed by atoms with Crippen LogP contribution in [-0.2, 0) is 11.3 Å². The van der Waals surface area contributed by atoms with Crippen LogP contribution in [0.25, 0.3) is 5.70 Å². The molecule has 0 bridgehead atoms. The van der Waals surface area contributed by atoms with Crippen molar-refractivity contribution in [2.24, 2.45) is 0 Å². The number of nitrogens with one attached hydrogen (secondary N) is 2. The normalized spacial score (nSPS) is 11.2. The van der Waals surface area contributed by atoms with E-state index in [9.17, 15) is 0 Å². The number of anilines is 3. The second-order valence-electron chi connectivity index (χ2n) is 8.32. The second-order valence-corrected chi connectivity index (χ2v) is 8.73. The van der Waals surface area contributed by atoms with Gasteiger partial charge < -0.3 is 25.5 Å². The molecule has 198 valence electrons. The average Bonchev–Trinajstić information content (AvgIpc) is 3.37. The number of halogens is 1. The summed E-state index contributed by atoms with van der Waals surface area (Å²) >= 11 is 6.48. The van der Waals surface area contributed by atoms with Crippen LogP contribution in [0, 0.1) is 5.41 Å². The van der Waals surface area contributed by atoms with E-state index >= 15 is 0 Å². The fourth-order valence-electron chi connectivity index (χ4n) is 3.83. The summed E-state index contributed by atoms with van der Waals surface area (Å²) < 4.78 is 7.12. The highest BCUT2D eigenvalue weighted by atomic mass is 35.5. The highest BCUT2D eigenvalue weighted by molar-refractivity contribution is 6.33. The van der Waals surface area contributed by atoms with Gasteiger partial charge >= 0.3 is 0 Å². The molecule has 0 atom stereocenters. The second kappa shape index (κ2) is 15.7. The van der Waals surface area contributed by atoms with E-state index in [-0.39, 0.29) is 6.61 Å². The summed E-state index contributed by atoms with van der Waals surface area (Å²) in [5.41, 5.74) is 6.46. The lowest BCUT2D eigenvalue weighted by molar-refractivity contribution is 0.225. The summed E-state index contributed by atoms with van der Waals surface area (Å²) in [6, 6.07) is 13.3. The molecular weight excluding hydrogens is 486 g/mol. The van der Waals surface area contributed by atoms with Gasteiger partial charge in [0.2, 0.25) is 0 Å². The molecule has 0 unspecified atom stereocenters. The summed E-state index contributed by atoms with van der Waals surface area (Å²) in [6.45, 7) is 12.2. The molecule has 8 heteroatoms. The number of hydrogen-bond acceptors (Lipinski definition) is 6. The van der Waals surface area contributed by atoms with E-state index in [1.807, 2.05) is 59.4 Å². The minimum absolute atomic E-state index is 0.140. The van der Waals surface area contributed by atoms with Gasteiger partial charge in [0.05, 0.1) is 42.0 Å². The molecule has 0 aliphatic carbocycles. The predicted molar refractivity (Wildman–Crippen MR) is 156 cm³/mol. The van der Waals surface area contributed by atoms with Gasteiger partial charge in [-0.25, -0.2) is 4.68 Å². The van der Waals surface area contributed by atoms with Crippen LogP contribution in [0.4, 0.5) is 17.1 Å². The topological polar surface area (TPSA) is 86.4 Å². The fraction of sp³-hybridized carbons (Fsp3) is 0.310. The SMILES string of the molecule is C=CCN(CC)c1cc(Nc2cnn(/C(CC)=C(\C)COC)c2)c(C=N)cc1Cl.OCc1ccccc1. The largest absolute Gasteiger partial charge is 0.392 e. The molecule has 0 amide bonds. The van der Waals surface area contributed by atoms with Crippen LogP contribution in [0.3, 0.4) is 0 Å². The van der Waals surface area contributed by atoms with Gasteiger partial charge in [-0.15, -0.1) is 6.58 Å². The molecule has 0 aliphatic rings. The number of likely N-dealkylation sites (N-methyl/N-ethyl adjacent to an activating group) is 1. The van der Waals surface area contributed by atoms with Crippen molar-refractivity contribution in [3.63, 3.8) is 0 Å². The van der Waals surface area contributed by atoms with Crippen LogP contribution in [0.15, 0.2) is 73.1 Å². The Hall–Kier alpha value is -3.39. The maximum atomic E-state index is 8.54. The van der Waals surface area contributed by atoms with E-state index in [0.717, 1.165) is 46.9 Å². The van der Waals surface area contributed by atoms with Crippen LogP contribution in [0.2, 0.25) is 5.02 Å². The minimum atomic E-state index is 0.140. The molecule has 0 radical (unpaired) electrons. The Balaban J connectivity index is 0.000000510. The molecule has 2 aromatic carbocycles. The van der Waals surface area contributed by atoms with Gasteiger partial charge in [-0.1, -0.05) is 54.9 Å². The van der Waals surface area contributed by atoms with E-state index < -0.39 is 0 Å². The zero-order valence-corrected chi connectivity index (χ0v) is 22.9. The van der Waals surface area contributed by atoms with Gasteiger partial charge in [0.1, 0.15) is 0 Å². The first-order valence-corrected chi connectivity index (χ1v) is 12.6. The van der Waals surface area contributed by atoms with Crippen LogP contribution >= 0.6 is 11.6 Å². The number of methoxy groups -OCH3 is 1. The van der Waals surface area contributed by atoms with E-state index in [1.165, 1.54) is 6.21 Å². The lowest BCUT2D eigenvalue weighted by Crippen LogP contribution is -2.23. The lowest BCUT2D eigenvalue weighted by atomic mass is 10.1. The van der Waals surface area contributed by atoms with Crippen molar-refractivity contribution >= 4 is 40.6 Å². The molecule has 0 spiro atoms. The number of benzene rings is 2. The van der Waals surface area contributed by atoms with Gasteiger partial charge in [-0.05, 0) is 43.5 Å². The van der Waals surface area contributed by atoms with E-state index in [4.69, 9.17) is 26.9 Å². The van der Waals surface area contributed by atoms with Crippen molar-refractivity contribution in [3.8, 4) is 0 Å². The smallest absolute Gasteiger partial charge is 0.0775 e. The number of aliphatic hydroxyl groups excluding tert-OH is 1. The van der Waals surface area contributed by atoms with Crippen LogP contribution in [-0.4, -0.2) is 47.9 Å². The van der Waals surface area contributed by atoms with Crippen LogP contribution in [0.5, 0.6) is 0 Å². The Bertz CT molecular complexity index is 1170. The third-order valence-corrected chi connectivity index (χ3v) is 6.00. The summed E-state index contributed by atoms with van der Waals surface area (Å²) in [6.07, 6.45) is 7.72. The molecule has 0 saturated carbocycles. The quantitative estimate of drug-likeness (QED) is 0.180. The molecule has 1 heterocycles. The number of aromatic nitrogens is 2. The molecule has 0 saturated heterocycles. The van der Waals surface area contributed by atoms with Crippen molar-refractivity contribution in [3.05, 3.63) is 89.2 Å². The summed E-state index contributed by atoms with van der Waals surface area (Å²) in [5.74, 6) is 0. The number of allylic oxidation sites excluding steroid dienone is 1. The van der Waals surface area contributed by atoms with E-state index in [1.54, 1.807) is 13.3 Å². The Morgan fingerprint density at radius 1 is 1.27 bits per heavy atom. The van der Waals surface area contributed by atoms with Gasteiger partial charge in [0.25, 0.3) is 0 Å². The monoisotopic (exact) mass is 523 g/mol. The highest BCUT2D eigenvalue weighted by Crippen LogP contribution is 2.33. The zero-order valence-electron chi connectivity index (χ0n) is 22.2. The number of aliphatic hydroxyl groups is 1. The third kappa shape index (κ3) is 8.60. The predicted octanol–water partition coefficient (Wildman–Crippen LogP) is 6.76. The fourth-order valence-corrected chi connectivity index (χ4v) is 4.13.